The normalized spacial score (nSPS) is 26.8. The van der Waals surface area contributed by atoms with E-state index in [1.54, 1.807) is 0 Å². The van der Waals surface area contributed by atoms with Gasteiger partial charge < -0.3 is 5.73 Å². The number of hydrogen-bond acceptors (Lipinski definition) is 2. The first kappa shape index (κ1) is 16.8. The minimum atomic E-state index is 0.159. The quantitative estimate of drug-likeness (QED) is 0.814. The third-order valence-corrected chi connectivity index (χ3v) is 5.58. The summed E-state index contributed by atoms with van der Waals surface area (Å²) >= 11 is 6.10. The molecule has 0 spiro atoms. The Morgan fingerprint density at radius 3 is 2.81 bits per heavy atom. The predicted octanol–water partition coefficient (Wildman–Crippen LogP) is 4.46. The molecule has 1 aromatic rings. The number of hydrogen-bond donors (Lipinski definition) is 1. The van der Waals surface area contributed by atoms with Crippen LogP contribution in [0, 0.1) is 5.92 Å². The number of benzene rings is 1. The molecule has 2 rings (SSSR count). The second-order valence-electron chi connectivity index (χ2n) is 6.62. The highest BCUT2D eigenvalue weighted by Crippen LogP contribution is 2.35. The van der Waals surface area contributed by atoms with E-state index in [0.29, 0.717) is 0 Å². The van der Waals surface area contributed by atoms with Crippen LogP contribution in [0.25, 0.3) is 0 Å². The molecule has 2 nitrogen and oxygen atoms in total. The predicted molar refractivity (Wildman–Crippen MR) is 91.6 cm³/mol. The molecule has 0 aliphatic heterocycles. The maximum Gasteiger partial charge on any atom is 0.0409 e. The molecule has 1 aliphatic carbocycles. The van der Waals surface area contributed by atoms with Crippen molar-refractivity contribution in [2.45, 2.75) is 57.5 Å². The Morgan fingerprint density at radius 1 is 1.33 bits per heavy atom. The van der Waals surface area contributed by atoms with Crippen molar-refractivity contribution < 1.29 is 0 Å². The Morgan fingerprint density at radius 2 is 2.14 bits per heavy atom. The fourth-order valence-corrected chi connectivity index (χ4v) is 3.90. The highest BCUT2D eigenvalue weighted by molar-refractivity contribution is 6.30. The van der Waals surface area contributed by atoms with Gasteiger partial charge in [0.05, 0.1) is 0 Å². The number of rotatable bonds is 5. The fourth-order valence-electron chi connectivity index (χ4n) is 3.69. The molecule has 21 heavy (non-hydrogen) atoms. The van der Waals surface area contributed by atoms with Gasteiger partial charge in [0, 0.05) is 23.7 Å². The van der Waals surface area contributed by atoms with Gasteiger partial charge in [0.15, 0.2) is 0 Å². The highest BCUT2D eigenvalue weighted by Gasteiger charge is 2.35. The number of likely N-dealkylation sites (N-methyl/N-ethyl adjacent to an activating group) is 1. The third-order valence-electron chi connectivity index (χ3n) is 5.35. The van der Waals surface area contributed by atoms with Crippen molar-refractivity contribution in [3.05, 3.63) is 34.9 Å². The van der Waals surface area contributed by atoms with E-state index in [0.717, 1.165) is 24.0 Å². The molecule has 0 radical (unpaired) electrons. The van der Waals surface area contributed by atoms with E-state index in [1.165, 1.54) is 44.1 Å². The van der Waals surface area contributed by atoms with Crippen molar-refractivity contribution in [2.24, 2.45) is 11.7 Å². The van der Waals surface area contributed by atoms with E-state index >= 15 is 0 Å². The minimum Gasteiger partial charge on any atom is -0.329 e. The Bertz CT molecular complexity index is 449. The van der Waals surface area contributed by atoms with Crippen LogP contribution in [0.5, 0.6) is 0 Å². The number of nitrogens with zero attached hydrogens (tertiary/aromatic N) is 1. The van der Waals surface area contributed by atoms with Crippen LogP contribution < -0.4 is 5.73 Å². The van der Waals surface area contributed by atoms with Crippen LogP contribution >= 0.6 is 11.6 Å². The van der Waals surface area contributed by atoms with Gasteiger partial charge in [-0.2, -0.15) is 0 Å². The minimum absolute atomic E-state index is 0.159. The van der Waals surface area contributed by atoms with Gasteiger partial charge >= 0.3 is 0 Å². The molecule has 0 saturated heterocycles. The molecular weight excluding hydrogens is 280 g/mol. The second kappa shape index (κ2) is 7.62. The van der Waals surface area contributed by atoms with Crippen molar-refractivity contribution >= 4 is 11.6 Å². The second-order valence-corrected chi connectivity index (χ2v) is 7.06. The van der Waals surface area contributed by atoms with Gasteiger partial charge in [-0.25, -0.2) is 0 Å². The largest absolute Gasteiger partial charge is 0.329 e. The Hall–Kier alpha value is -0.570. The summed E-state index contributed by atoms with van der Waals surface area (Å²) in [4.78, 5) is 2.47. The van der Waals surface area contributed by atoms with Crippen LogP contribution in [0.4, 0.5) is 0 Å². The lowest BCUT2D eigenvalue weighted by molar-refractivity contribution is 0.0984. The Kier molecular flexibility index (Phi) is 6.09. The molecule has 118 valence electrons. The molecule has 0 amide bonds. The summed E-state index contributed by atoms with van der Waals surface area (Å²) in [5.74, 6) is 0.887. The summed E-state index contributed by atoms with van der Waals surface area (Å²) in [6.07, 6.45) is 7.72. The molecule has 2 N–H and O–H groups in total. The van der Waals surface area contributed by atoms with E-state index < -0.39 is 0 Å². The lowest BCUT2D eigenvalue weighted by atomic mass is 9.87. The van der Waals surface area contributed by atoms with Crippen molar-refractivity contribution in [1.82, 2.24) is 4.90 Å². The van der Waals surface area contributed by atoms with Gasteiger partial charge in [0.1, 0.15) is 0 Å². The zero-order valence-electron chi connectivity index (χ0n) is 13.4. The van der Waals surface area contributed by atoms with Crippen molar-refractivity contribution in [2.75, 3.05) is 13.6 Å². The molecule has 2 unspecified atom stereocenters. The van der Waals surface area contributed by atoms with Gasteiger partial charge in [0.25, 0.3) is 0 Å². The summed E-state index contributed by atoms with van der Waals surface area (Å²) < 4.78 is 0. The molecule has 1 saturated carbocycles. The smallest absolute Gasteiger partial charge is 0.0409 e. The summed E-state index contributed by atoms with van der Waals surface area (Å²) in [5, 5.41) is 0.814. The molecular formula is C18H29ClN2. The molecule has 0 bridgehead atoms. The van der Waals surface area contributed by atoms with E-state index in [4.69, 9.17) is 17.3 Å². The standard InChI is InChI=1S/C18H29ClN2/c1-3-15-7-5-10-18(14-20,11-9-15)21(2)13-16-6-4-8-17(19)12-16/h4,6,8,12,15H,3,5,7,9-11,13-14,20H2,1-2H3. The molecule has 1 fully saturated rings. The average molecular weight is 309 g/mol. The van der Waals surface area contributed by atoms with Gasteiger partial charge in [-0.05, 0) is 49.9 Å². The summed E-state index contributed by atoms with van der Waals surface area (Å²) in [5.41, 5.74) is 7.64. The maximum atomic E-state index is 6.21. The van der Waals surface area contributed by atoms with Gasteiger partial charge in [-0.1, -0.05) is 49.9 Å². The van der Waals surface area contributed by atoms with Crippen LogP contribution in [0.2, 0.25) is 5.02 Å². The lowest BCUT2D eigenvalue weighted by Crippen LogP contribution is -2.51. The van der Waals surface area contributed by atoms with E-state index in [-0.39, 0.29) is 5.54 Å². The first-order valence-electron chi connectivity index (χ1n) is 8.25. The maximum absolute atomic E-state index is 6.21. The zero-order chi connectivity index (χ0) is 15.3. The first-order valence-corrected chi connectivity index (χ1v) is 8.63. The lowest BCUT2D eigenvalue weighted by Gasteiger charge is -2.41. The first-order chi connectivity index (χ1) is 10.1. The topological polar surface area (TPSA) is 29.3 Å². The van der Waals surface area contributed by atoms with Crippen LogP contribution in [0.15, 0.2) is 24.3 Å². The van der Waals surface area contributed by atoms with Crippen LogP contribution in [-0.2, 0) is 6.54 Å². The van der Waals surface area contributed by atoms with Crippen molar-refractivity contribution in [3.8, 4) is 0 Å². The highest BCUT2D eigenvalue weighted by atomic mass is 35.5. The molecule has 1 aliphatic rings. The number of nitrogens with two attached hydrogens (primary N) is 1. The van der Waals surface area contributed by atoms with Crippen molar-refractivity contribution in [1.29, 1.82) is 0 Å². The Labute approximate surface area is 134 Å². The molecule has 0 heterocycles. The van der Waals surface area contributed by atoms with Crippen LogP contribution in [0.1, 0.15) is 51.0 Å². The summed E-state index contributed by atoms with van der Waals surface area (Å²) in [6, 6.07) is 8.17. The van der Waals surface area contributed by atoms with Crippen molar-refractivity contribution in [3.63, 3.8) is 0 Å². The van der Waals surface area contributed by atoms with Gasteiger partial charge in [-0.15, -0.1) is 0 Å². The molecule has 0 aromatic heterocycles. The molecule has 2 atom stereocenters. The van der Waals surface area contributed by atoms with Crippen LogP contribution in [-0.4, -0.2) is 24.0 Å². The van der Waals surface area contributed by atoms with Crippen LogP contribution in [0.3, 0.4) is 0 Å². The van der Waals surface area contributed by atoms with E-state index in [9.17, 15) is 0 Å². The summed E-state index contributed by atoms with van der Waals surface area (Å²) in [6.45, 7) is 3.99. The Balaban J connectivity index is 2.08. The summed E-state index contributed by atoms with van der Waals surface area (Å²) in [7, 11) is 2.22. The molecule has 3 heteroatoms. The monoisotopic (exact) mass is 308 g/mol. The SMILES string of the molecule is CCC1CCCC(CN)(N(C)Cc2cccc(Cl)c2)CC1. The zero-order valence-corrected chi connectivity index (χ0v) is 14.2. The fraction of sp³-hybridized carbons (Fsp3) is 0.667. The van der Waals surface area contributed by atoms with Gasteiger partial charge in [0.2, 0.25) is 0 Å². The van der Waals surface area contributed by atoms with E-state index in [1.807, 2.05) is 12.1 Å². The number of halogens is 1. The molecule has 1 aromatic carbocycles. The average Bonchev–Trinajstić information content (AvgIpc) is 2.70. The third kappa shape index (κ3) is 4.21. The van der Waals surface area contributed by atoms with Gasteiger partial charge in [-0.3, -0.25) is 4.90 Å². The van der Waals surface area contributed by atoms with E-state index in [2.05, 4.69) is 31.0 Å².